The first-order valence-electron chi connectivity index (χ1n) is 10.8. The van der Waals surface area contributed by atoms with Crippen LogP contribution in [0.5, 0.6) is 0 Å². The number of carbonyl (C=O) groups is 1. The SMILES string of the molecule is CCCCCCCCCCC1(C(C)(C(=O)O)[N+](C)(C)C)CCCCC1. The molecule has 3 nitrogen and oxygen atoms in total. The van der Waals surface area contributed by atoms with E-state index in [2.05, 4.69) is 28.1 Å². The minimum atomic E-state index is -0.700. The maximum absolute atomic E-state index is 12.4. The van der Waals surface area contributed by atoms with Crippen LogP contribution in [0.25, 0.3) is 0 Å². The molecule has 3 heteroatoms. The van der Waals surface area contributed by atoms with E-state index in [9.17, 15) is 9.90 Å². The van der Waals surface area contributed by atoms with E-state index in [1.165, 1.54) is 70.6 Å². The highest BCUT2D eigenvalue weighted by molar-refractivity contribution is 5.78. The summed E-state index contributed by atoms with van der Waals surface area (Å²) in [6, 6.07) is 0. The Balaban J connectivity index is 2.68. The third-order valence-corrected chi connectivity index (χ3v) is 7.11. The van der Waals surface area contributed by atoms with Crippen LogP contribution in [-0.4, -0.2) is 42.2 Å². The minimum absolute atomic E-state index is 0.0441. The van der Waals surface area contributed by atoms with Gasteiger partial charge in [0.1, 0.15) is 0 Å². The van der Waals surface area contributed by atoms with E-state index < -0.39 is 11.5 Å². The van der Waals surface area contributed by atoms with Crippen molar-refractivity contribution < 1.29 is 14.4 Å². The highest BCUT2D eigenvalue weighted by Gasteiger charge is 2.61. The number of aliphatic carboxylic acids is 1. The molecule has 0 heterocycles. The van der Waals surface area contributed by atoms with Crippen LogP contribution in [0, 0.1) is 5.41 Å². The number of carboxylic acids is 1. The van der Waals surface area contributed by atoms with Gasteiger partial charge in [-0.3, -0.25) is 0 Å². The Morgan fingerprint density at radius 2 is 1.40 bits per heavy atom. The molecular formula is C22H44NO2+. The molecule has 1 saturated carbocycles. The van der Waals surface area contributed by atoms with Gasteiger partial charge in [0.2, 0.25) is 0 Å². The predicted molar refractivity (Wildman–Crippen MR) is 107 cm³/mol. The fraction of sp³-hybridized carbons (Fsp3) is 0.955. The zero-order valence-electron chi connectivity index (χ0n) is 17.7. The highest BCUT2D eigenvalue weighted by Crippen LogP contribution is 2.52. The number of rotatable bonds is 12. The van der Waals surface area contributed by atoms with Gasteiger partial charge in [0.05, 0.1) is 21.1 Å². The highest BCUT2D eigenvalue weighted by atomic mass is 16.4. The van der Waals surface area contributed by atoms with Crippen LogP contribution < -0.4 is 0 Å². The number of nitrogens with zero attached hydrogens (tertiary/aromatic N) is 1. The lowest BCUT2D eigenvalue weighted by atomic mass is 9.58. The number of carboxylic acid groups (broad SMARTS) is 1. The normalized spacial score (nSPS) is 20.2. The molecule has 1 aliphatic rings. The molecule has 1 fully saturated rings. The molecule has 0 saturated heterocycles. The lowest BCUT2D eigenvalue weighted by Gasteiger charge is -2.54. The monoisotopic (exact) mass is 354 g/mol. The van der Waals surface area contributed by atoms with Gasteiger partial charge in [0, 0.05) is 12.3 Å². The summed E-state index contributed by atoms with van der Waals surface area (Å²) in [7, 11) is 6.20. The van der Waals surface area contributed by atoms with Gasteiger partial charge < -0.3 is 9.59 Å². The molecule has 1 N–H and O–H groups in total. The topological polar surface area (TPSA) is 37.3 Å². The van der Waals surface area contributed by atoms with Crippen molar-refractivity contribution in [3.8, 4) is 0 Å². The molecule has 0 bridgehead atoms. The van der Waals surface area contributed by atoms with E-state index in [0.717, 1.165) is 19.3 Å². The van der Waals surface area contributed by atoms with Gasteiger partial charge in [-0.1, -0.05) is 77.6 Å². The van der Waals surface area contributed by atoms with E-state index in [0.29, 0.717) is 4.48 Å². The number of quaternary nitrogens is 1. The summed E-state index contributed by atoms with van der Waals surface area (Å²) < 4.78 is 0.513. The molecule has 1 rings (SSSR count). The van der Waals surface area contributed by atoms with E-state index in [4.69, 9.17) is 0 Å². The molecular weight excluding hydrogens is 310 g/mol. The van der Waals surface area contributed by atoms with Crippen LogP contribution in [0.3, 0.4) is 0 Å². The molecule has 0 amide bonds. The van der Waals surface area contributed by atoms with Gasteiger partial charge in [-0.2, -0.15) is 0 Å². The number of hydrogen-bond acceptors (Lipinski definition) is 1. The van der Waals surface area contributed by atoms with Gasteiger partial charge >= 0.3 is 5.97 Å². The van der Waals surface area contributed by atoms with Crippen molar-refractivity contribution in [2.75, 3.05) is 21.1 Å². The number of unbranched alkanes of at least 4 members (excludes halogenated alkanes) is 7. The zero-order chi connectivity index (χ0) is 19.0. The maximum Gasteiger partial charge on any atom is 0.366 e. The van der Waals surface area contributed by atoms with Gasteiger partial charge in [0.25, 0.3) is 0 Å². The van der Waals surface area contributed by atoms with Gasteiger partial charge in [0.15, 0.2) is 5.54 Å². The van der Waals surface area contributed by atoms with Crippen LogP contribution in [0.1, 0.15) is 104 Å². The van der Waals surface area contributed by atoms with E-state index in [-0.39, 0.29) is 5.41 Å². The Kier molecular flexibility index (Phi) is 8.94. The van der Waals surface area contributed by atoms with Crippen molar-refractivity contribution >= 4 is 5.97 Å². The van der Waals surface area contributed by atoms with Crippen LogP contribution in [-0.2, 0) is 4.79 Å². The van der Waals surface area contributed by atoms with Crippen LogP contribution >= 0.6 is 0 Å². The summed E-state index contributed by atoms with van der Waals surface area (Å²) in [6.07, 6.45) is 17.4. The van der Waals surface area contributed by atoms with Crippen molar-refractivity contribution in [2.24, 2.45) is 5.41 Å². The first-order valence-corrected chi connectivity index (χ1v) is 10.8. The predicted octanol–water partition coefficient (Wildman–Crippen LogP) is 6.02. The van der Waals surface area contributed by atoms with Gasteiger partial charge in [-0.15, -0.1) is 0 Å². The van der Waals surface area contributed by atoms with Crippen LogP contribution in [0.15, 0.2) is 0 Å². The fourth-order valence-corrected chi connectivity index (χ4v) is 5.03. The molecule has 0 aromatic rings. The summed E-state index contributed by atoms with van der Waals surface area (Å²) in [6.45, 7) is 4.28. The molecule has 25 heavy (non-hydrogen) atoms. The molecule has 1 aliphatic carbocycles. The summed E-state index contributed by atoms with van der Waals surface area (Å²) in [5.74, 6) is -0.610. The zero-order valence-corrected chi connectivity index (χ0v) is 17.7. The molecule has 1 atom stereocenters. The van der Waals surface area contributed by atoms with Gasteiger partial charge in [-0.25, -0.2) is 4.79 Å². The first kappa shape index (κ1) is 22.5. The largest absolute Gasteiger partial charge is 0.477 e. The van der Waals surface area contributed by atoms with Crippen molar-refractivity contribution in [1.29, 1.82) is 0 Å². The number of likely N-dealkylation sites (N-methyl/N-ethyl adjacent to an activating group) is 1. The van der Waals surface area contributed by atoms with E-state index in [1.54, 1.807) is 0 Å². The molecule has 1 unspecified atom stereocenters. The molecule has 0 aromatic heterocycles. The van der Waals surface area contributed by atoms with Crippen LogP contribution in [0.2, 0.25) is 0 Å². The maximum atomic E-state index is 12.4. The smallest absolute Gasteiger partial charge is 0.366 e. The summed E-state index contributed by atoms with van der Waals surface area (Å²) in [5.41, 5.74) is -0.744. The second-order valence-electron chi connectivity index (χ2n) is 9.46. The summed E-state index contributed by atoms with van der Waals surface area (Å²) in [4.78, 5) is 12.4. The Bertz CT molecular complexity index is 393. The number of hydrogen-bond donors (Lipinski definition) is 1. The molecule has 0 radical (unpaired) electrons. The second kappa shape index (κ2) is 9.94. The van der Waals surface area contributed by atoms with Crippen molar-refractivity contribution in [3.63, 3.8) is 0 Å². The quantitative estimate of drug-likeness (QED) is 0.344. The molecule has 0 aromatic carbocycles. The first-order chi connectivity index (χ1) is 11.7. The summed E-state index contributed by atoms with van der Waals surface area (Å²) in [5, 5.41) is 10.2. The van der Waals surface area contributed by atoms with Crippen LogP contribution in [0.4, 0.5) is 0 Å². The Morgan fingerprint density at radius 1 is 0.920 bits per heavy atom. The third kappa shape index (κ3) is 5.45. The molecule has 0 aliphatic heterocycles. The Labute approximate surface area is 156 Å². The lowest BCUT2D eigenvalue weighted by molar-refractivity contribution is -0.921. The lowest BCUT2D eigenvalue weighted by Crippen LogP contribution is -2.69. The Morgan fingerprint density at radius 3 is 1.84 bits per heavy atom. The minimum Gasteiger partial charge on any atom is -0.477 e. The van der Waals surface area contributed by atoms with E-state index >= 15 is 0 Å². The standard InChI is InChI=1S/C22H43NO2/c1-6-7-8-9-10-11-12-14-17-22(18-15-13-16-19-22)21(2,20(24)25)23(3,4)5/h6-19H2,1-5H3/p+1. The van der Waals surface area contributed by atoms with Gasteiger partial charge in [-0.05, 0) is 19.3 Å². The average molecular weight is 355 g/mol. The Hall–Kier alpha value is -0.570. The third-order valence-electron chi connectivity index (χ3n) is 7.11. The van der Waals surface area contributed by atoms with E-state index in [1.807, 2.05) is 6.92 Å². The summed E-state index contributed by atoms with van der Waals surface area (Å²) >= 11 is 0. The van der Waals surface area contributed by atoms with Crippen molar-refractivity contribution in [3.05, 3.63) is 0 Å². The fourth-order valence-electron chi connectivity index (χ4n) is 5.03. The molecule has 148 valence electrons. The van der Waals surface area contributed by atoms with Crippen molar-refractivity contribution in [1.82, 2.24) is 0 Å². The average Bonchev–Trinajstić information content (AvgIpc) is 2.56. The second-order valence-corrected chi connectivity index (χ2v) is 9.46. The van der Waals surface area contributed by atoms with Crippen molar-refractivity contribution in [2.45, 2.75) is 109 Å². The molecule has 0 spiro atoms.